The zero-order valence-electron chi connectivity index (χ0n) is 9.11. The number of halogens is 4. The van der Waals surface area contributed by atoms with Crippen LogP contribution in [-0.2, 0) is 11.6 Å². The maximum absolute atomic E-state index is 12.7. The van der Waals surface area contributed by atoms with Crippen molar-refractivity contribution in [3.63, 3.8) is 0 Å². The van der Waals surface area contributed by atoms with Crippen LogP contribution >= 0.6 is 11.6 Å². The Morgan fingerprint density at radius 2 is 1.56 bits per heavy atom. The fraction of sp³-hybridized carbons (Fsp3) is 0.455. The van der Waals surface area contributed by atoms with E-state index in [1.807, 2.05) is 0 Å². The Morgan fingerprint density at radius 1 is 1.06 bits per heavy atom. The van der Waals surface area contributed by atoms with Gasteiger partial charge < -0.3 is 5.11 Å². The molecular formula is C11H12ClF3O. The molecule has 0 aliphatic heterocycles. The number of aromatic hydroxyl groups is 1. The summed E-state index contributed by atoms with van der Waals surface area (Å²) in [5, 5.41) is 9.15. The lowest BCUT2D eigenvalue weighted by Crippen LogP contribution is -2.19. The molecule has 0 aliphatic carbocycles. The Balaban J connectivity index is 3.53. The van der Waals surface area contributed by atoms with Crippen LogP contribution in [0.2, 0.25) is 5.02 Å². The molecule has 0 atom stereocenters. The lowest BCUT2D eigenvalue weighted by atomic mass is 9.83. The Morgan fingerprint density at radius 3 is 1.94 bits per heavy atom. The smallest absolute Gasteiger partial charge is 0.416 e. The van der Waals surface area contributed by atoms with Crippen LogP contribution in [0.25, 0.3) is 0 Å². The summed E-state index contributed by atoms with van der Waals surface area (Å²) in [6.45, 7) is 4.97. The first-order valence-corrected chi connectivity index (χ1v) is 5.01. The molecule has 90 valence electrons. The number of hydrogen-bond acceptors (Lipinski definition) is 1. The van der Waals surface area contributed by atoms with E-state index in [1.165, 1.54) is 6.07 Å². The molecule has 0 bridgehead atoms. The van der Waals surface area contributed by atoms with Crippen molar-refractivity contribution in [1.29, 1.82) is 0 Å². The first-order chi connectivity index (χ1) is 7.03. The maximum atomic E-state index is 12.7. The van der Waals surface area contributed by atoms with Gasteiger partial charge in [-0.15, -0.1) is 0 Å². The molecule has 1 aromatic rings. The topological polar surface area (TPSA) is 20.2 Å². The number of rotatable bonds is 0. The summed E-state index contributed by atoms with van der Waals surface area (Å²) in [5.41, 5.74) is -1.47. The van der Waals surface area contributed by atoms with Gasteiger partial charge >= 0.3 is 6.18 Å². The van der Waals surface area contributed by atoms with Crippen molar-refractivity contribution in [3.05, 3.63) is 28.3 Å². The van der Waals surface area contributed by atoms with Crippen LogP contribution in [0.1, 0.15) is 31.9 Å². The number of alkyl halides is 3. The summed E-state index contributed by atoms with van der Waals surface area (Å²) in [5.74, 6) is -0.554. The quantitative estimate of drug-likeness (QED) is 0.727. The van der Waals surface area contributed by atoms with Gasteiger partial charge in [-0.2, -0.15) is 13.2 Å². The van der Waals surface area contributed by atoms with Gasteiger partial charge in [-0.25, -0.2) is 0 Å². The zero-order valence-corrected chi connectivity index (χ0v) is 9.87. The summed E-state index contributed by atoms with van der Waals surface area (Å²) in [4.78, 5) is 0. The molecule has 0 fully saturated rings. The standard InChI is InChI=1S/C11H12ClF3O/c1-10(2,3)6-4-8(12)9(16)5-7(6)11(13,14)15/h4-5,16H,1-3H3. The van der Waals surface area contributed by atoms with Gasteiger partial charge in [0.1, 0.15) is 5.75 Å². The van der Waals surface area contributed by atoms with Gasteiger partial charge in [0, 0.05) is 0 Å². The zero-order chi connectivity index (χ0) is 12.7. The van der Waals surface area contributed by atoms with Crippen molar-refractivity contribution in [2.75, 3.05) is 0 Å². The molecule has 5 heteroatoms. The Hall–Kier alpha value is -0.900. The van der Waals surface area contributed by atoms with Crippen LogP contribution in [0.15, 0.2) is 12.1 Å². The molecule has 0 aliphatic rings. The molecule has 1 nitrogen and oxygen atoms in total. The van der Waals surface area contributed by atoms with Gasteiger partial charge in [-0.05, 0) is 23.1 Å². The van der Waals surface area contributed by atoms with Gasteiger partial charge in [0.25, 0.3) is 0 Å². The van der Waals surface area contributed by atoms with E-state index < -0.39 is 22.9 Å². The molecule has 0 saturated heterocycles. The van der Waals surface area contributed by atoms with E-state index in [0.29, 0.717) is 6.07 Å². The highest BCUT2D eigenvalue weighted by Crippen LogP contribution is 2.41. The molecule has 0 unspecified atom stereocenters. The molecule has 0 radical (unpaired) electrons. The predicted molar refractivity (Wildman–Crippen MR) is 56.8 cm³/mol. The second kappa shape index (κ2) is 3.84. The van der Waals surface area contributed by atoms with E-state index in [9.17, 15) is 18.3 Å². The second-order valence-electron chi connectivity index (χ2n) is 4.60. The monoisotopic (exact) mass is 252 g/mol. The normalized spacial score (nSPS) is 12.9. The Kier molecular flexibility index (Phi) is 3.16. The maximum Gasteiger partial charge on any atom is 0.416 e. The number of hydrogen-bond donors (Lipinski definition) is 1. The minimum Gasteiger partial charge on any atom is -0.506 e. The molecule has 0 saturated carbocycles. The minimum atomic E-state index is -4.50. The van der Waals surface area contributed by atoms with Gasteiger partial charge in [-0.1, -0.05) is 32.4 Å². The predicted octanol–water partition coefficient (Wildman–Crippen LogP) is 4.36. The van der Waals surface area contributed by atoms with Crippen LogP contribution in [0.4, 0.5) is 13.2 Å². The van der Waals surface area contributed by atoms with E-state index in [1.54, 1.807) is 20.8 Å². The first-order valence-electron chi connectivity index (χ1n) is 4.63. The van der Waals surface area contributed by atoms with E-state index in [2.05, 4.69) is 0 Å². The van der Waals surface area contributed by atoms with Gasteiger partial charge in [0.05, 0.1) is 10.6 Å². The van der Waals surface area contributed by atoms with Crippen molar-refractivity contribution in [3.8, 4) is 5.75 Å². The third-order valence-electron chi connectivity index (χ3n) is 2.20. The first kappa shape index (κ1) is 13.2. The molecule has 1 aromatic carbocycles. The van der Waals surface area contributed by atoms with E-state index in [4.69, 9.17) is 11.6 Å². The number of phenols is 1. The summed E-state index contributed by atoms with van der Waals surface area (Å²) in [6, 6.07) is 1.84. The average Bonchev–Trinajstić information content (AvgIpc) is 2.05. The number of benzene rings is 1. The molecule has 0 amide bonds. The van der Waals surface area contributed by atoms with Crippen molar-refractivity contribution in [2.24, 2.45) is 0 Å². The summed E-state index contributed by atoms with van der Waals surface area (Å²) >= 11 is 5.62. The largest absolute Gasteiger partial charge is 0.506 e. The average molecular weight is 253 g/mol. The molecule has 1 N–H and O–H groups in total. The summed E-state index contributed by atoms with van der Waals surface area (Å²) in [6.07, 6.45) is -4.50. The van der Waals surface area contributed by atoms with E-state index in [-0.39, 0.29) is 10.6 Å². The fourth-order valence-electron chi connectivity index (χ4n) is 1.42. The Bertz CT molecular complexity index is 366. The molecule has 0 aromatic heterocycles. The highest BCUT2D eigenvalue weighted by molar-refractivity contribution is 6.32. The van der Waals surface area contributed by atoms with E-state index in [0.717, 1.165) is 0 Å². The Labute approximate surface area is 96.9 Å². The van der Waals surface area contributed by atoms with Crippen molar-refractivity contribution >= 4 is 11.6 Å². The van der Waals surface area contributed by atoms with Crippen molar-refractivity contribution in [1.82, 2.24) is 0 Å². The fourth-order valence-corrected chi connectivity index (χ4v) is 1.58. The summed E-state index contributed by atoms with van der Waals surface area (Å²) in [7, 11) is 0. The molecular weight excluding hydrogens is 241 g/mol. The minimum absolute atomic E-state index is 0.0714. The van der Waals surface area contributed by atoms with Gasteiger partial charge in [-0.3, -0.25) is 0 Å². The van der Waals surface area contributed by atoms with Crippen LogP contribution in [0.3, 0.4) is 0 Å². The third-order valence-corrected chi connectivity index (χ3v) is 2.50. The van der Waals surface area contributed by atoms with Crippen LogP contribution in [0, 0.1) is 0 Å². The molecule has 0 spiro atoms. The van der Waals surface area contributed by atoms with Crippen LogP contribution in [-0.4, -0.2) is 5.11 Å². The molecule has 1 rings (SSSR count). The third kappa shape index (κ3) is 2.61. The lowest BCUT2D eigenvalue weighted by molar-refractivity contribution is -0.138. The highest BCUT2D eigenvalue weighted by atomic mass is 35.5. The van der Waals surface area contributed by atoms with Crippen LogP contribution in [0.5, 0.6) is 5.75 Å². The van der Waals surface area contributed by atoms with Gasteiger partial charge in [0.2, 0.25) is 0 Å². The SMILES string of the molecule is CC(C)(C)c1cc(Cl)c(O)cc1C(F)(F)F. The van der Waals surface area contributed by atoms with Crippen LogP contribution < -0.4 is 0 Å². The molecule has 16 heavy (non-hydrogen) atoms. The number of phenolic OH excluding ortho intramolecular Hbond substituents is 1. The van der Waals surface area contributed by atoms with Crippen molar-refractivity contribution in [2.45, 2.75) is 32.4 Å². The second-order valence-corrected chi connectivity index (χ2v) is 5.00. The highest BCUT2D eigenvalue weighted by Gasteiger charge is 2.37. The van der Waals surface area contributed by atoms with Crippen molar-refractivity contribution < 1.29 is 18.3 Å². The lowest BCUT2D eigenvalue weighted by Gasteiger charge is -2.24. The summed E-state index contributed by atoms with van der Waals surface area (Å²) < 4.78 is 38.2. The molecule has 0 heterocycles. The van der Waals surface area contributed by atoms with E-state index >= 15 is 0 Å². The van der Waals surface area contributed by atoms with Gasteiger partial charge in [0.15, 0.2) is 0 Å².